The van der Waals surface area contributed by atoms with Gasteiger partial charge in [-0.1, -0.05) is 26.8 Å². The van der Waals surface area contributed by atoms with Crippen molar-refractivity contribution < 1.29 is 13.9 Å². The summed E-state index contributed by atoms with van der Waals surface area (Å²) in [7, 11) is 0. The van der Waals surface area contributed by atoms with Crippen molar-refractivity contribution in [3.63, 3.8) is 0 Å². The third-order valence-corrected chi connectivity index (χ3v) is 5.22. The summed E-state index contributed by atoms with van der Waals surface area (Å²) in [5.74, 6) is 0.121. The highest BCUT2D eigenvalue weighted by atomic mass is 19.1. The molecule has 0 bridgehead atoms. The molecule has 0 saturated carbocycles. The minimum Gasteiger partial charge on any atom is -0.491 e. The van der Waals surface area contributed by atoms with Gasteiger partial charge in [0.25, 0.3) is 5.91 Å². The Labute approximate surface area is 181 Å². The molecule has 0 aliphatic carbocycles. The van der Waals surface area contributed by atoms with E-state index in [1.54, 1.807) is 24.5 Å². The number of anilines is 2. The number of aromatic amines is 1. The highest BCUT2D eigenvalue weighted by molar-refractivity contribution is 6.06. The summed E-state index contributed by atoms with van der Waals surface area (Å²) in [6, 6.07) is 8.04. The van der Waals surface area contributed by atoms with Crippen molar-refractivity contribution in [2.75, 3.05) is 18.5 Å². The smallest absolute Gasteiger partial charge is 0.255 e. The van der Waals surface area contributed by atoms with Crippen LogP contribution in [0.1, 0.15) is 43.2 Å². The maximum absolute atomic E-state index is 13.8. The quantitative estimate of drug-likeness (QED) is 0.519. The number of hydrogen-bond acceptors (Lipinski definition) is 4. The van der Waals surface area contributed by atoms with Crippen LogP contribution in [0.2, 0.25) is 0 Å². The maximum Gasteiger partial charge on any atom is 0.255 e. The van der Waals surface area contributed by atoms with Crippen molar-refractivity contribution in [1.82, 2.24) is 15.3 Å². The Hall–Kier alpha value is -3.35. The highest BCUT2D eigenvalue weighted by Crippen LogP contribution is 2.40. The number of carbonyl (C=O) groups is 1. The Balaban J connectivity index is 1.76. The molecule has 0 spiro atoms. The second-order valence-electron chi connectivity index (χ2n) is 8.90. The van der Waals surface area contributed by atoms with Crippen molar-refractivity contribution in [3.8, 4) is 17.0 Å². The molecule has 1 amide bonds. The summed E-state index contributed by atoms with van der Waals surface area (Å²) in [5, 5.41) is 6.14. The van der Waals surface area contributed by atoms with E-state index in [1.165, 1.54) is 12.1 Å². The number of nitrogens with one attached hydrogen (secondary N) is 3. The van der Waals surface area contributed by atoms with Gasteiger partial charge in [0.2, 0.25) is 0 Å². The Morgan fingerprint density at radius 3 is 2.87 bits per heavy atom. The number of nitrogens with zero attached hydrogens (tertiary/aromatic N) is 1. The molecule has 1 aliphatic rings. The fourth-order valence-electron chi connectivity index (χ4n) is 3.59. The molecule has 7 heteroatoms. The van der Waals surface area contributed by atoms with Crippen LogP contribution in [0.5, 0.6) is 5.75 Å². The van der Waals surface area contributed by atoms with E-state index in [9.17, 15) is 9.18 Å². The molecule has 2 aromatic heterocycles. The lowest BCUT2D eigenvalue weighted by atomic mass is 9.93. The normalized spacial score (nSPS) is 13.5. The van der Waals surface area contributed by atoms with Crippen LogP contribution in [0.15, 0.2) is 42.7 Å². The number of fused-ring (bicyclic) bond motifs is 1. The molecule has 0 unspecified atom stereocenters. The molecule has 0 saturated heterocycles. The van der Waals surface area contributed by atoms with Crippen LogP contribution in [-0.2, 0) is 6.42 Å². The first-order valence-corrected chi connectivity index (χ1v) is 10.4. The molecule has 31 heavy (non-hydrogen) atoms. The van der Waals surface area contributed by atoms with E-state index >= 15 is 0 Å². The molecule has 0 radical (unpaired) electrons. The predicted molar refractivity (Wildman–Crippen MR) is 119 cm³/mol. The van der Waals surface area contributed by atoms with Gasteiger partial charge in [-0.3, -0.25) is 9.78 Å². The maximum atomic E-state index is 13.8. The topological polar surface area (TPSA) is 79.0 Å². The molecule has 3 aromatic rings. The predicted octanol–water partition coefficient (Wildman–Crippen LogP) is 5.06. The van der Waals surface area contributed by atoms with E-state index in [2.05, 4.69) is 41.4 Å². The number of aromatic nitrogens is 2. The van der Waals surface area contributed by atoms with Crippen LogP contribution in [0.25, 0.3) is 11.3 Å². The van der Waals surface area contributed by atoms with Gasteiger partial charge in [-0.15, -0.1) is 0 Å². The second kappa shape index (κ2) is 8.41. The highest BCUT2D eigenvalue weighted by Gasteiger charge is 2.28. The van der Waals surface area contributed by atoms with E-state index in [1.807, 2.05) is 6.07 Å². The van der Waals surface area contributed by atoms with Crippen LogP contribution >= 0.6 is 0 Å². The number of ether oxygens (including phenoxy) is 1. The van der Waals surface area contributed by atoms with Gasteiger partial charge < -0.3 is 20.4 Å². The number of halogens is 1. The van der Waals surface area contributed by atoms with E-state index < -0.39 is 0 Å². The van der Waals surface area contributed by atoms with Gasteiger partial charge in [0.05, 0.1) is 29.7 Å². The standard InChI is InChI=1S/C24H27FN4O2/c1-24(2,3)9-12-31-19-14-26-10-7-17(19)21-22(28-16-6-4-5-15(25)13-16)20-18(29-21)8-11-27-23(20)30/h4-7,10,13-14,28-29H,8-9,11-12H2,1-3H3,(H,27,30). The first-order chi connectivity index (χ1) is 14.8. The van der Waals surface area contributed by atoms with Crippen LogP contribution in [0.3, 0.4) is 0 Å². The van der Waals surface area contributed by atoms with Crippen LogP contribution in [0, 0.1) is 11.2 Å². The largest absolute Gasteiger partial charge is 0.491 e. The van der Waals surface area contributed by atoms with Gasteiger partial charge in [-0.25, -0.2) is 4.39 Å². The Morgan fingerprint density at radius 2 is 2.10 bits per heavy atom. The van der Waals surface area contributed by atoms with Crippen molar-refractivity contribution in [2.45, 2.75) is 33.6 Å². The van der Waals surface area contributed by atoms with Crippen LogP contribution in [0.4, 0.5) is 15.8 Å². The number of H-pyrrole nitrogens is 1. The summed E-state index contributed by atoms with van der Waals surface area (Å²) in [6.45, 7) is 7.61. The van der Waals surface area contributed by atoms with Crippen molar-refractivity contribution >= 4 is 17.3 Å². The molecule has 6 nitrogen and oxygen atoms in total. The lowest BCUT2D eigenvalue weighted by Gasteiger charge is -2.19. The number of pyridine rings is 1. The van der Waals surface area contributed by atoms with E-state index in [0.29, 0.717) is 42.3 Å². The number of carbonyl (C=O) groups excluding carboxylic acids is 1. The number of hydrogen-bond donors (Lipinski definition) is 3. The SMILES string of the molecule is CC(C)(C)CCOc1cnccc1-c1[nH]c2c(c1Nc1cccc(F)c1)C(=O)NCC2. The molecule has 4 rings (SSSR count). The molecular weight excluding hydrogens is 395 g/mol. The zero-order valence-corrected chi connectivity index (χ0v) is 18.0. The van der Waals surface area contributed by atoms with Crippen LogP contribution in [-0.4, -0.2) is 29.0 Å². The monoisotopic (exact) mass is 422 g/mol. The lowest BCUT2D eigenvalue weighted by Crippen LogP contribution is -2.31. The average Bonchev–Trinajstić information content (AvgIpc) is 3.07. The summed E-state index contributed by atoms with van der Waals surface area (Å²) in [5.41, 5.74) is 4.22. The van der Waals surface area contributed by atoms with E-state index in [4.69, 9.17) is 4.74 Å². The molecular formula is C24H27FN4O2. The first kappa shape index (κ1) is 20.9. The lowest BCUT2D eigenvalue weighted by molar-refractivity contribution is 0.0947. The zero-order chi connectivity index (χ0) is 22.0. The molecule has 3 heterocycles. The molecule has 1 aliphatic heterocycles. The Bertz CT molecular complexity index is 1100. The molecule has 1 aromatic carbocycles. The molecule has 162 valence electrons. The van der Waals surface area contributed by atoms with E-state index in [0.717, 1.165) is 23.4 Å². The van der Waals surface area contributed by atoms with Crippen molar-refractivity contribution in [1.29, 1.82) is 0 Å². The third-order valence-electron chi connectivity index (χ3n) is 5.22. The molecule has 0 fully saturated rings. The van der Waals surface area contributed by atoms with Gasteiger partial charge in [0.15, 0.2) is 0 Å². The molecule has 0 atom stereocenters. The summed E-state index contributed by atoms with van der Waals surface area (Å²) < 4.78 is 19.9. The Morgan fingerprint density at radius 1 is 1.26 bits per heavy atom. The third kappa shape index (κ3) is 4.71. The van der Waals surface area contributed by atoms with Gasteiger partial charge in [-0.2, -0.15) is 0 Å². The first-order valence-electron chi connectivity index (χ1n) is 10.4. The minimum atomic E-state index is -0.351. The van der Waals surface area contributed by atoms with Gasteiger partial charge >= 0.3 is 0 Å². The number of rotatable bonds is 6. The number of amides is 1. The van der Waals surface area contributed by atoms with E-state index in [-0.39, 0.29) is 17.1 Å². The summed E-state index contributed by atoms with van der Waals surface area (Å²) in [6.07, 6.45) is 4.95. The van der Waals surface area contributed by atoms with Gasteiger partial charge in [-0.05, 0) is 36.1 Å². The number of benzene rings is 1. The minimum absolute atomic E-state index is 0.149. The van der Waals surface area contributed by atoms with Crippen molar-refractivity contribution in [3.05, 3.63) is 59.8 Å². The zero-order valence-electron chi connectivity index (χ0n) is 18.0. The second-order valence-corrected chi connectivity index (χ2v) is 8.90. The Kier molecular flexibility index (Phi) is 5.67. The summed E-state index contributed by atoms with van der Waals surface area (Å²) in [4.78, 5) is 20.3. The molecule has 3 N–H and O–H groups in total. The van der Waals surface area contributed by atoms with Gasteiger partial charge in [0.1, 0.15) is 11.6 Å². The fourth-order valence-corrected chi connectivity index (χ4v) is 3.59. The summed E-state index contributed by atoms with van der Waals surface area (Å²) >= 11 is 0. The van der Waals surface area contributed by atoms with Crippen molar-refractivity contribution in [2.24, 2.45) is 5.41 Å². The fraction of sp³-hybridized carbons (Fsp3) is 0.333. The average molecular weight is 423 g/mol. The van der Waals surface area contributed by atoms with Gasteiger partial charge in [0, 0.05) is 36.1 Å². The van der Waals surface area contributed by atoms with Crippen LogP contribution < -0.4 is 15.4 Å².